The normalized spacial score (nSPS) is 19.1. The largest absolute Gasteiger partial charge is 0.394 e. The van der Waals surface area contributed by atoms with Crippen molar-refractivity contribution >= 4 is 11.6 Å². The molecule has 0 aromatic rings. The Hall–Kier alpha value is -0.860. The Morgan fingerprint density at radius 1 is 1.20 bits per heavy atom. The molecule has 0 aliphatic rings. The zero-order chi connectivity index (χ0) is 12.2. The third-order valence-corrected chi connectivity index (χ3v) is 1.95. The highest BCUT2D eigenvalue weighted by Crippen LogP contribution is 2.04. The first-order valence-electron chi connectivity index (χ1n) is 4.28. The lowest BCUT2D eigenvalue weighted by atomic mass is 9.97. The standard InChI is InChI=1S/C8H15NO6/c1-3(11)6(13)5(9)8(15)7(14)4(12)2-10/h4-5,7-8,10,12,14-15H,2,9H2,1H3/t4-,5-,7-,8-/m1/s1. The number of aliphatic hydroxyl groups is 4. The van der Waals surface area contributed by atoms with Gasteiger partial charge < -0.3 is 26.2 Å². The molecule has 4 atom stereocenters. The van der Waals surface area contributed by atoms with Crippen molar-refractivity contribution in [2.24, 2.45) is 5.73 Å². The summed E-state index contributed by atoms with van der Waals surface area (Å²) in [5.41, 5.74) is 5.18. The number of nitrogens with two attached hydrogens (primary N) is 1. The summed E-state index contributed by atoms with van der Waals surface area (Å²) in [6, 6.07) is -1.61. The summed E-state index contributed by atoms with van der Waals surface area (Å²) in [5, 5.41) is 35.9. The number of ketones is 2. The smallest absolute Gasteiger partial charge is 0.217 e. The van der Waals surface area contributed by atoms with Crippen LogP contribution < -0.4 is 5.73 Å². The van der Waals surface area contributed by atoms with Crippen molar-refractivity contribution < 1.29 is 30.0 Å². The van der Waals surface area contributed by atoms with Crippen molar-refractivity contribution in [1.82, 2.24) is 0 Å². The Bertz CT molecular complexity index is 243. The Labute approximate surface area is 86.1 Å². The third-order valence-electron chi connectivity index (χ3n) is 1.95. The summed E-state index contributed by atoms with van der Waals surface area (Å²) in [4.78, 5) is 21.6. The van der Waals surface area contributed by atoms with Gasteiger partial charge in [0.05, 0.1) is 6.61 Å². The number of Topliss-reactive ketones (excluding diaryl/α,β-unsaturated/α-hetero) is 2. The minimum atomic E-state index is -1.80. The van der Waals surface area contributed by atoms with Crippen molar-refractivity contribution in [1.29, 1.82) is 0 Å². The summed E-state index contributed by atoms with van der Waals surface area (Å²) >= 11 is 0. The molecule has 0 aliphatic heterocycles. The molecule has 0 radical (unpaired) electrons. The van der Waals surface area contributed by atoms with Gasteiger partial charge in [-0.25, -0.2) is 0 Å². The average Bonchev–Trinajstić information content (AvgIpc) is 2.23. The molecule has 0 aromatic carbocycles. The molecule has 0 unspecified atom stereocenters. The van der Waals surface area contributed by atoms with Crippen LogP contribution in [0.3, 0.4) is 0 Å². The molecular weight excluding hydrogens is 206 g/mol. The number of carbonyl (C=O) groups is 2. The maximum atomic E-state index is 11.0. The van der Waals surface area contributed by atoms with E-state index in [1.165, 1.54) is 0 Å². The summed E-state index contributed by atoms with van der Waals surface area (Å²) in [6.45, 7) is 0.184. The Balaban J connectivity index is 4.50. The molecule has 0 aromatic heterocycles. The van der Waals surface area contributed by atoms with E-state index in [1.807, 2.05) is 0 Å². The van der Waals surface area contributed by atoms with Gasteiger partial charge in [-0.1, -0.05) is 0 Å². The fraction of sp³-hybridized carbons (Fsp3) is 0.750. The first-order valence-corrected chi connectivity index (χ1v) is 4.28. The molecular formula is C8H15NO6. The van der Waals surface area contributed by atoms with Gasteiger partial charge in [-0.3, -0.25) is 9.59 Å². The van der Waals surface area contributed by atoms with E-state index in [2.05, 4.69) is 0 Å². The molecule has 15 heavy (non-hydrogen) atoms. The summed E-state index contributed by atoms with van der Waals surface area (Å²) in [5.74, 6) is -1.90. The van der Waals surface area contributed by atoms with Crippen molar-refractivity contribution in [2.75, 3.05) is 6.61 Å². The van der Waals surface area contributed by atoms with Gasteiger partial charge in [0.25, 0.3) is 0 Å². The first-order chi connectivity index (χ1) is 6.82. The minimum Gasteiger partial charge on any atom is -0.394 e. The van der Waals surface area contributed by atoms with E-state index >= 15 is 0 Å². The number of aliphatic hydroxyl groups excluding tert-OH is 4. The maximum Gasteiger partial charge on any atom is 0.217 e. The van der Waals surface area contributed by atoms with E-state index < -0.39 is 42.5 Å². The van der Waals surface area contributed by atoms with Crippen LogP contribution in [0.2, 0.25) is 0 Å². The predicted octanol–water partition coefficient (Wildman–Crippen LogP) is -3.45. The number of hydrogen-bond donors (Lipinski definition) is 5. The van der Waals surface area contributed by atoms with Crippen LogP contribution in [-0.4, -0.2) is 63.0 Å². The van der Waals surface area contributed by atoms with Crippen LogP contribution in [0.1, 0.15) is 6.92 Å². The van der Waals surface area contributed by atoms with Crippen LogP contribution in [0.4, 0.5) is 0 Å². The summed E-state index contributed by atoms with van der Waals surface area (Å²) in [6.07, 6.45) is -5.21. The van der Waals surface area contributed by atoms with Crippen LogP contribution in [0, 0.1) is 0 Å². The van der Waals surface area contributed by atoms with Gasteiger partial charge in [0.1, 0.15) is 24.4 Å². The summed E-state index contributed by atoms with van der Waals surface area (Å²) < 4.78 is 0. The molecule has 0 aliphatic carbocycles. The average molecular weight is 221 g/mol. The lowest BCUT2D eigenvalue weighted by molar-refractivity contribution is -0.141. The van der Waals surface area contributed by atoms with Crippen LogP contribution in [0.15, 0.2) is 0 Å². The molecule has 0 heterocycles. The van der Waals surface area contributed by atoms with Gasteiger partial charge in [0.2, 0.25) is 5.78 Å². The second-order valence-corrected chi connectivity index (χ2v) is 3.18. The molecule has 0 spiro atoms. The second-order valence-electron chi connectivity index (χ2n) is 3.18. The third kappa shape index (κ3) is 3.65. The number of hydrogen-bond acceptors (Lipinski definition) is 7. The molecule has 0 saturated carbocycles. The van der Waals surface area contributed by atoms with E-state index in [9.17, 15) is 19.8 Å². The molecule has 0 bridgehead atoms. The molecule has 0 rings (SSSR count). The number of carbonyl (C=O) groups excluding carboxylic acids is 2. The van der Waals surface area contributed by atoms with Crippen molar-refractivity contribution in [2.45, 2.75) is 31.3 Å². The van der Waals surface area contributed by atoms with Gasteiger partial charge in [-0.15, -0.1) is 0 Å². The second kappa shape index (κ2) is 5.89. The van der Waals surface area contributed by atoms with Gasteiger partial charge in [-0.05, 0) is 0 Å². The highest BCUT2D eigenvalue weighted by Gasteiger charge is 2.34. The molecule has 7 nitrogen and oxygen atoms in total. The van der Waals surface area contributed by atoms with Crippen LogP contribution in [-0.2, 0) is 9.59 Å². The summed E-state index contributed by atoms with van der Waals surface area (Å²) in [7, 11) is 0. The molecule has 88 valence electrons. The molecule has 0 fully saturated rings. The SMILES string of the molecule is CC(=O)C(=O)[C@@H](N)[C@@H](O)[C@H](O)[C@H](O)CO. The highest BCUT2D eigenvalue weighted by atomic mass is 16.4. The monoisotopic (exact) mass is 221 g/mol. The van der Waals surface area contributed by atoms with Gasteiger partial charge in [0.15, 0.2) is 5.78 Å². The quantitative estimate of drug-likeness (QED) is 0.293. The van der Waals surface area contributed by atoms with Gasteiger partial charge in [0, 0.05) is 6.92 Å². The van der Waals surface area contributed by atoms with Crippen molar-refractivity contribution in [3.05, 3.63) is 0 Å². The lowest BCUT2D eigenvalue weighted by Crippen LogP contribution is -2.54. The number of rotatable bonds is 6. The Morgan fingerprint density at radius 3 is 2.00 bits per heavy atom. The zero-order valence-corrected chi connectivity index (χ0v) is 8.20. The Morgan fingerprint density at radius 2 is 1.67 bits per heavy atom. The van der Waals surface area contributed by atoms with Crippen LogP contribution >= 0.6 is 0 Å². The molecule has 7 heteroatoms. The van der Waals surface area contributed by atoms with Crippen LogP contribution in [0.25, 0.3) is 0 Å². The van der Waals surface area contributed by atoms with E-state index in [-0.39, 0.29) is 0 Å². The zero-order valence-electron chi connectivity index (χ0n) is 8.20. The first kappa shape index (κ1) is 14.1. The van der Waals surface area contributed by atoms with Crippen LogP contribution in [0.5, 0.6) is 0 Å². The lowest BCUT2D eigenvalue weighted by Gasteiger charge is -2.24. The fourth-order valence-corrected chi connectivity index (χ4v) is 0.938. The topological polar surface area (TPSA) is 141 Å². The molecule has 6 N–H and O–H groups in total. The Kier molecular flexibility index (Phi) is 5.55. The van der Waals surface area contributed by atoms with Crippen molar-refractivity contribution in [3.63, 3.8) is 0 Å². The van der Waals surface area contributed by atoms with Gasteiger partial charge >= 0.3 is 0 Å². The van der Waals surface area contributed by atoms with E-state index in [0.717, 1.165) is 6.92 Å². The predicted molar refractivity (Wildman–Crippen MR) is 48.8 cm³/mol. The van der Waals surface area contributed by atoms with E-state index in [1.54, 1.807) is 0 Å². The van der Waals surface area contributed by atoms with Gasteiger partial charge in [-0.2, -0.15) is 0 Å². The molecule has 0 saturated heterocycles. The van der Waals surface area contributed by atoms with E-state index in [0.29, 0.717) is 0 Å². The van der Waals surface area contributed by atoms with E-state index in [4.69, 9.17) is 15.9 Å². The highest BCUT2D eigenvalue weighted by molar-refractivity contribution is 6.38. The minimum absolute atomic E-state index is 0.792. The fourth-order valence-electron chi connectivity index (χ4n) is 0.938. The molecule has 0 amide bonds. The maximum absolute atomic E-state index is 11.0. The van der Waals surface area contributed by atoms with Crippen molar-refractivity contribution in [3.8, 4) is 0 Å².